The molecule has 0 atom stereocenters. The Morgan fingerprint density at radius 3 is 1.38 bits per heavy atom. The molecule has 2 heterocycles. The van der Waals surface area contributed by atoms with Crippen molar-refractivity contribution in [2.24, 2.45) is 0 Å². The Kier molecular flexibility index (Phi) is 8.95. The van der Waals surface area contributed by atoms with E-state index < -0.39 is 0 Å². The van der Waals surface area contributed by atoms with Crippen molar-refractivity contribution in [2.45, 2.75) is 52.4 Å². The van der Waals surface area contributed by atoms with E-state index in [0.29, 0.717) is 0 Å². The predicted molar refractivity (Wildman–Crippen MR) is 280 cm³/mol. The molecule has 12 aromatic rings. The van der Waals surface area contributed by atoms with Crippen LogP contribution >= 0.6 is 0 Å². The van der Waals surface area contributed by atoms with Gasteiger partial charge in [-0.25, -0.2) is 0 Å². The third kappa shape index (κ3) is 6.67. The number of nitrogens with zero attached hydrogens (tertiary/aromatic N) is 2. The molecule has 66 heavy (non-hydrogen) atoms. The standard InChI is InChI=1S/C62H50N2O2/c1-61(2,3)45-22-29-47(30-23-45)63(49-26-19-39-13-7-9-15-41(39)33-49)50-28-21-43-36-53-56(37-44(43)35-50)65-57-38-54(60-59(58(53)57)52-17-11-12-18-55(52)66-60)64(48-31-24-46(25-32-48)62(4,5)6)51-27-20-40-14-8-10-16-42(40)34-51/h7-38H,1-6H3. The summed E-state index contributed by atoms with van der Waals surface area (Å²) >= 11 is 0. The highest BCUT2D eigenvalue weighted by Gasteiger charge is 2.26. The highest BCUT2D eigenvalue weighted by molar-refractivity contribution is 6.29. The van der Waals surface area contributed by atoms with Crippen molar-refractivity contribution < 1.29 is 8.83 Å². The molecule has 0 aliphatic rings. The second-order valence-electron chi connectivity index (χ2n) is 19.9. The minimum Gasteiger partial charge on any atom is -0.456 e. The van der Waals surface area contributed by atoms with Crippen LogP contribution in [-0.4, -0.2) is 0 Å². The maximum absolute atomic E-state index is 7.06. The van der Waals surface area contributed by atoms with E-state index in [1.807, 2.05) is 6.07 Å². The molecule has 10 aromatic carbocycles. The summed E-state index contributed by atoms with van der Waals surface area (Å²) in [6, 6.07) is 70.4. The zero-order valence-electron chi connectivity index (χ0n) is 38.2. The van der Waals surface area contributed by atoms with Gasteiger partial charge in [0.2, 0.25) is 0 Å². The molecule has 0 radical (unpaired) electrons. The fourth-order valence-corrected chi connectivity index (χ4v) is 9.90. The molecule has 320 valence electrons. The average molecular weight is 855 g/mol. The van der Waals surface area contributed by atoms with Crippen LogP contribution in [-0.2, 0) is 10.8 Å². The van der Waals surface area contributed by atoms with Crippen LogP contribution in [0.25, 0.3) is 76.2 Å². The maximum Gasteiger partial charge on any atom is 0.160 e. The average Bonchev–Trinajstić information content (AvgIpc) is 3.88. The lowest BCUT2D eigenvalue weighted by Gasteiger charge is -2.27. The van der Waals surface area contributed by atoms with E-state index in [0.717, 1.165) is 88.8 Å². The molecule has 0 spiro atoms. The number of furan rings is 2. The number of rotatable bonds is 6. The summed E-state index contributed by atoms with van der Waals surface area (Å²) in [5.74, 6) is 0. The van der Waals surface area contributed by atoms with Gasteiger partial charge in [0.1, 0.15) is 16.7 Å². The summed E-state index contributed by atoms with van der Waals surface area (Å²) in [6.45, 7) is 13.6. The van der Waals surface area contributed by atoms with Gasteiger partial charge in [0.15, 0.2) is 5.58 Å². The molecule has 4 heteroatoms. The molecule has 4 nitrogen and oxygen atoms in total. The van der Waals surface area contributed by atoms with Crippen LogP contribution in [0.4, 0.5) is 34.1 Å². The lowest BCUT2D eigenvalue weighted by Crippen LogP contribution is -2.13. The highest BCUT2D eigenvalue weighted by atomic mass is 16.3. The number of anilines is 6. The van der Waals surface area contributed by atoms with Crippen LogP contribution in [0.3, 0.4) is 0 Å². The number of benzene rings is 10. The van der Waals surface area contributed by atoms with E-state index in [1.54, 1.807) is 0 Å². The van der Waals surface area contributed by atoms with E-state index >= 15 is 0 Å². The van der Waals surface area contributed by atoms with Crippen molar-refractivity contribution in [2.75, 3.05) is 9.80 Å². The van der Waals surface area contributed by atoms with Crippen LogP contribution in [0.5, 0.6) is 0 Å². The summed E-state index contributed by atoms with van der Waals surface area (Å²) in [5.41, 5.74) is 12.2. The molecule has 0 saturated heterocycles. The Morgan fingerprint density at radius 2 is 0.788 bits per heavy atom. The first-order valence-corrected chi connectivity index (χ1v) is 23.0. The Bertz CT molecular complexity index is 3840. The monoisotopic (exact) mass is 854 g/mol. The van der Waals surface area contributed by atoms with Crippen LogP contribution < -0.4 is 9.80 Å². The molecule has 0 bridgehead atoms. The van der Waals surface area contributed by atoms with Crippen molar-refractivity contribution in [3.63, 3.8) is 0 Å². The maximum atomic E-state index is 7.06. The topological polar surface area (TPSA) is 32.8 Å². The van der Waals surface area contributed by atoms with E-state index in [4.69, 9.17) is 8.83 Å². The Labute approximate surface area is 384 Å². The van der Waals surface area contributed by atoms with Gasteiger partial charge in [-0.1, -0.05) is 151 Å². The Morgan fingerprint density at radius 1 is 0.318 bits per heavy atom. The third-order valence-electron chi connectivity index (χ3n) is 13.5. The molecule has 0 saturated carbocycles. The van der Waals surface area contributed by atoms with Gasteiger partial charge in [0.25, 0.3) is 0 Å². The molecular formula is C62H50N2O2. The van der Waals surface area contributed by atoms with Crippen molar-refractivity contribution in [3.8, 4) is 0 Å². The van der Waals surface area contributed by atoms with Crippen LogP contribution in [0.15, 0.2) is 203 Å². The van der Waals surface area contributed by atoms with Crippen LogP contribution in [0.2, 0.25) is 0 Å². The van der Waals surface area contributed by atoms with Crippen molar-refractivity contribution in [1.29, 1.82) is 0 Å². The number of para-hydroxylation sites is 1. The van der Waals surface area contributed by atoms with Gasteiger partial charge in [0.05, 0.1) is 5.69 Å². The van der Waals surface area contributed by atoms with Gasteiger partial charge in [-0.3, -0.25) is 0 Å². The quantitative estimate of drug-likeness (QED) is 0.167. The lowest BCUT2D eigenvalue weighted by atomic mass is 9.87. The zero-order valence-corrected chi connectivity index (χ0v) is 38.2. The minimum atomic E-state index is 0.0161. The summed E-state index contributed by atoms with van der Waals surface area (Å²) in [5, 5.41) is 11.2. The molecule has 0 fully saturated rings. The van der Waals surface area contributed by atoms with Gasteiger partial charge < -0.3 is 18.6 Å². The largest absolute Gasteiger partial charge is 0.456 e. The van der Waals surface area contributed by atoms with Crippen molar-refractivity contribution >= 4 is 110 Å². The molecule has 12 rings (SSSR count). The highest BCUT2D eigenvalue weighted by Crippen LogP contribution is 2.49. The van der Waals surface area contributed by atoms with Crippen molar-refractivity contribution in [1.82, 2.24) is 0 Å². The fraction of sp³-hybridized carbons (Fsp3) is 0.129. The van der Waals surface area contributed by atoms with Crippen LogP contribution in [0.1, 0.15) is 52.7 Å². The predicted octanol–water partition coefficient (Wildman–Crippen LogP) is 18.5. The Hall–Kier alpha value is -7.82. The lowest BCUT2D eigenvalue weighted by molar-refractivity contribution is 0.590. The first-order valence-electron chi connectivity index (χ1n) is 23.0. The van der Waals surface area contributed by atoms with Gasteiger partial charge >= 0.3 is 0 Å². The molecule has 0 unspecified atom stereocenters. The van der Waals surface area contributed by atoms with E-state index in [1.165, 1.54) is 32.7 Å². The molecule has 0 amide bonds. The molecule has 0 aliphatic carbocycles. The summed E-state index contributed by atoms with van der Waals surface area (Å²) in [7, 11) is 0. The SMILES string of the molecule is CC(C)(C)c1ccc(N(c2ccc3ccccc3c2)c2ccc3cc4c(cc3c2)oc2cc(N(c3ccc(C(C)(C)C)cc3)c3ccc5ccccc5c3)c3oc5ccccc5c3c24)cc1. The molecular weight excluding hydrogens is 805 g/mol. The number of fused-ring (bicyclic) bond motifs is 10. The number of hydrogen-bond donors (Lipinski definition) is 0. The minimum absolute atomic E-state index is 0.0161. The zero-order chi connectivity index (χ0) is 44.9. The third-order valence-corrected chi connectivity index (χ3v) is 13.5. The fourth-order valence-electron chi connectivity index (χ4n) is 9.90. The molecule has 0 aliphatic heterocycles. The first-order chi connectivity index (χ1) is 31.9. The number of hydrogen-bond acceptors (Lipinski definition) is 4. The van der Waals surface area contributed by atoms with E-state index in [9.17, 15) is 0 Å². The van der Waals surface area contributed by atoms with Crippen molar-refractivity contribution in [3.05, 3.63) is 205 Å². The second kappa shape index (κ2) is 14.9. The van der Waals surface area contributed by atoms with E-state index in [-0.39, 0.29) is 10.8 Å². The summed E-state index contributed by atoms with van der Waals surface area (Å²) in [6.07, 6.45) is 0. The summed E-state index contributed by atoms with van der Waals surface area (Å²) in [4.78, 5) is 4.69. The Balaban J connectivity index is 1.07. The van der Waals surface area contributed by atoms with Gasteiger partial charge in [-0.05, 0) is 133 Å². The second-order valence-corrected chi connectivity index (χ2v) is 19.9. The van der Waals surface area contributed by atoms with E-state index in [2.05, 4.69) is 239 Å². The van der Waals surface area contributed by atoms with Gasteiger partial charge in [-0.15, -0.1) is 0 Å². The normalized spacial score (nSPS) is 12.4. The molecule has 2 aromatic heterocycles. The van der Waals surface area contributed by atoms with Gasteiger partial charge in [-0.2, -0.15) is 0 Å². The smallest absolute Gasteiger partial charge is 0.160 e. The van der Waals surface area contributed by atoms with Gasteiger partial charge in [0, 0.05) is 56.0 Å². The first kappa shape index (κ1) is 39.7. The summed E-state index contributed by atoms with van der Waals surface area (Å²) < 4.78 is 14.0. The molecule has 0 N–H and O–H groups in total. The van der Waals surface area contributed by atoms with Crippen LogP contribution in [0, 0.1) is 0 Å².